The molecule has 1 atom stereocenters. The highest BCUT2D eigenvalue weighted by Gasteiger charge is 2.11. The molecule has 0 aliphatic heterocycles. The van der Waals surface area contributed by atoms with Gasteiger partial charge in [0.2, 0.25) is 0 Å². The Labute approximate surface area is 111 Å². The number of nitrogens with one attached hydrogen (secondary N) is 1. The summed E-state index contributed by atoms with van der Waals surface area (Å²) in [5, 5.41) is 22.2. The Morgan fingerprint density at radius 3 is 2.47 bits per heavy atom. The van der Waals surface area contributed by atoms with Gasteiger partial charge in [0.15, 0.2) is 0 Å². The molecule has 0 aromatic heterocycles. The largest absolute Gasteiger partial charge is 0.508 e. The molecule has 0 amide bonds. The Hall–Kier alpha value is -2.23. The minimum Gasteiger partial charge on any atom is -0.508 e. The van der Waals surface area contributed by atoms with Crippen LogP contribution < -0.4 is 5.32 Å². The van der Waals surface area contributed by atoms with Gasteiger partial charge in [0.1, 0.15) is 17.3 Å². The number of rotatable bonds is 3. The lowest BCUT2D eigenvalue weighted by Gasteiger charge is -2.17. The van der Waals surface area contributed by atoms with E-state index in [1.165, 1.54) is 18.2 Å². The number of phenolic OH excluding ortho intramolecular Hbond substituents is 2. The lowest BCUT2D eigenvalue weighted by molar-refractivity contribution is 0.444. The minimum atomic E-state index is -0.245. The summed E-state index contributed by atoms with van der Waals surface area (Å²) in [5.74, 6) is -0.199. The van der Waals surface area contributed by atoms with Crippen molar-refractivity contribution in [2.75, 3.05) is 5.32 Å². The van der Waals surface area contributed by atoms with E-state index in [0.717, 1.165) is 5.69 Å². The number of halogens is 1. The molecular formula is C15H16FNO2. The van der Waals surface area contributed by atoms with Gasteiger partial charge < -0.3 is 15.5 Å². The van der Waals surface area contributed by atoms with Gasteiger partial charge in [-0.2, -0.15) is 0 Å². The molecule has 2 aromatic rings. The summed E-state index contributed by atoms with van der Waals surface area (Å²) in [6.07, 6.45) is 0. The SMILES string of the molecule is Cc1cc(NC(C)c2ccc(O)cc2O)ccc1F. The highest BCUT2D eigenvalue weighted by atomic mass is 19.1. The van der Waals surface area contributed by atoms with Crippen molar-refractivity contribution in [1.82, 2.24) is 0 Å². The maximum atomic E-state index is 13.2. The number of aromatic hydroxyl groups is 2. The van der Waals surface area contributed by atoms with Gasteiger partial charge in [-0.1, -0.05) is 0 Å². The van der Waals surface area contributed by atoms with Gasteiger partial charge in [-0.25, -0.2) is 4.39 Å². The first-order valence-electron chi connectivity index (χ1n) is 6.02. The average Bonchev–Trinajstić information content (AvgIpc) is 2.33. The van der Waals surface area contributed by atoms with Gasteiger partial charge in [-0.05, 0) is 49.7 Å². The fourth-order valence-corrected chi connectivity index (χ4v) is 1.96. The molecule has 100 valence electrons. The van der Waals surface area contributed by atoms with E-state index in [1.807, 2.05) is 6.92 Å². The molecule has 0 saturated carbocycles. The van der Waals surface area contributed by atoms with Crippen molar-refractivity contribution in [3.63, 3.8) is 0 Å². The van der Waals surface area contributed by atoms with Crippen LogP contribution in [0.3, 0.4) is 0 Å². The summed E-state index contributed by atoms with van der Waals surface area (Å²) in [4.78, 5) is 0. The maximum Gasteiger partial charge on any atom is 0.126 e. The zero-order valence-corrected chi connectivity index (χ0v) is 10.8. The smallest absolute Gasteiger partial charge is 0.126 e. The molecule has 0 saturated heterocycles. The Balaban J connectivity index is 2.20. The molecule has 0 aliphatic rings. The third-order valence-electron chi connectivity index (χ3n) is 3.02. The van der Waals surface area contributed by atoms with Gasteiger partial charge in [-0.3, -0.25) is 0 Å². The first-order valence-corrected chi connectivity index (χ1v) is 6.02. The van der Waals surface area contributed by atoms with Crippen LogP contribution in [0.15, 0.2) is 36.4 Å². The average molecular weight is 261 g/mol. The Bertz CT molecular complexity index is 599. The van der Waals surface area contributed by atoms with Crippen molar-refractivity contribution < 1.29 is 14.6 Å². The van der Waals surface area contributed by atoms with Crippen LogP contribution in [0.4, 0.5) is 10.1 Å². The second-order valence-corrected chi connectivity index (χ2v) is 4.57. The van der Waals surface area contributed by atoms with E-state index in [-0.39, 0.29) is 23.4 Å². The van der Waals surface area contributed by atoms with E-state index >= 15 is 0 Å². The summed E-state index contributed by atoms with van der Waals surface area (Å²) in [7, 11) is 0. The molecule has 3 nitrogen and oxygen atoms in total. The van der Waals surface area contributed by atoms with Gasteiger partial charge in [0.25, 0.3) is 0 Å². The van der Waals surface area contributed by atoms with E-state index in [2.05, 4.69) is 5.32 Å². The molecule has 1 unspecified atom stereocenters. The zero-order chi connectivity index (χ0) is 14.0. The van der Waals surface area contributed by atoms with Gasteiger partial charge >= 0.3 is 0 Å². The summed E-state index contributed by atoms with van der Waals surface area (Å²) in [5.41, 5.74) is 2.01. The molecule has 0 fully saturated rings. The number of aryl methyl sites for hydroxylation is 1. The number of phenols is 2. The molecule has 0 radical (unpaired) electrons. The summed E-state index contributed by atoms with van der Waals surface area (Å²) >= 11 is 0. The maximum absolute atomic E-state index is 13.2. The second kappa shape index (κ2) is 5.18. The van der Waals surface area contributed by atoms with E-state index < -0.39 is 0 Å². The molecule has 4 heteroatoms. The third-order valence-corrected chi connectivity index (χ3v) is 3.02. The predicted molar refractivity (Wildman–Crippen MR) is 72.9 cm³/mol. The third kappa shape index (κ3) is 2.96. The van der Waals surface area contributed by atoms with E-state index in [0.29, 0.717) is 11.1 Å². The number of hydrogen-bond acceptors (Lipinski definition) is 3. The Morgan fingerprint density at radius 2 is 1.84 bits per heavy atom. The van der Waals surface area contributed by atoms with Crippen LogP contribution in [0.5, 0.6) is 11.5 Å². The second-order valence-electron chi connectivity index (χ2n) is 4.57. The van der Waals surface area contributed by atoms with Crippen molar-refractivity contribution in [2.45, 2.75) is 19.9 Å². The lowest BCUT2D eigenvalue weighted by Crippen LogP contribution is -2.07. The van der Waals surface area contributed by atoms with E-state index in [9.17, 15) is 14.6 Å². The number of benzene rings is 2. The van der Waals surface area contributed by atoms with Crippen LogP contribution >= 0.6 is 0 Å². The molecule has 2 rings (SSSR count). The van der Waals surface area contributed by atoms with Crippen molar-refractivity contribution >= 4 is 5.69 Å². The van der Waals surface area contributed by atoms with Gasteiger partial charge in [0.05, 0.1) is 6.04 Å². The normalized spacial score (nSPS) is 12.2. The highest BCUT2D eigenvalue weighted by molar-refractivity contribution is 5.50. The predicted octanol–water partition coefficient (Wildman–Crippen LogP) is 3.72. The molecule has 3 N–H and O–H groups in total. The highest BCUT2D eigenvalue weighted by Crippen LogP contribution is 2.30. The fourth-order valence-electron chi connectivity index (χ4n) is 1.96. The molecule has 0 aliphatic carbocycles. The minimum absolute atomic E-state index is 0.0195. The van der Waals surface area contributed by atoms with E-state index in [1.54, 1.807) is 25.1 Å². The van der Waals surface area contributed by atoms with Crippen molar-refractivity contribution in [3.8, 4) is 11.5 Å². The van der Waals surface area contributed by atoms with Crippen molar-refractivity contribution in [2.24, 2.45) is 0 Å². The Kier molecular flexibility index (Phi) is 3.60. The lowest BCUT2D eigenvalue weighted by atomic mass is 10.1. The fraction of sp³-hybridized carbons (Fsp3) is 0.200. The monoisotopic (exact) mass is 261 g/mol. The molecule has 19 heavy (non-hydrogen) atoms. The molecule has 2 aromatic carbocycles. The first-order chi connectivity index (χ1) is 8.97. The van der Waals surface area contributed by atoms with Gasteiger partial charge in [-0.15, -0.1) is 0 Å². The summed E-state index contributed by atoms with van der Waals surface area (Å²) in [6.45, 7) is 3.58. The zero-order valence-electron chi connectivity index (χ0n) is 10.8. The van der Waals surface area contributed by atoms with Crippen molar-refractivity contribution in [3.05, 3.63) is 53.3 Å². The number of anilines is 1. The Morgan fingerprint density at radius 1 is 1.11 bits per heavy atom. The first kappa shape index (κ1) is 13.2. The quantitative estimate of drug-likeness (QED) is 0.789. The van der Waals surface area contributed by atoms with E-state index in [4.69, 9.17) is 0 Å². The van der Waals surface area contributed by atoms with Crippen LogP contribution in [0.1, 0.15) is 24.1 Å². The molecule has 0 heterocycles. The summed E-state index contributed by atoms with van der Waals surface area (Å²) in [6, 6.07) is 9.07. The van der Waals surface area contributed by atoms with Crippen molar-refractivity contribution in [1.29, 1.82) is 0 Å². The summed E-state index contributed by atoms with van der Waals surface area (Å²) < 4.78 is 13.2. The van der Waals surface area contributed by atoms with Gasteiger partial charge in [0, 0.05) is 17.3 Å². The van der Waals surface area contributed by atoms with Crippen LogP contribution in [0.2, 0.25) is 0 Å². The molecule has 0 spiro atoms. The molecular weight excluding hydrogens is 245 g/mol. The molecule has 0 bridgehead atoms. The van der Waals surface area contributed by atoms with Crippen LogP contribution in [0.25, 0.3) is 0 Å². The van der Waals surface area contributed by atoms with Crippen LogP contribution in [-0.4, -0.2) is 10.2 Å². The topological polar surface area (TPSA) is 52.5 Å². The standard InChI is InChI=1S/C15H16FNO2/c1-9-7-11(3-6-14(9)16)17-10(2)13-5-4-12(18)8-15(13)19/h3-8,10,17-19H,1-2H3. The van der Waals surface area contributed by atoms with Crippen LogP contribution in [0, 0.1) is 12.7 Å². The number of hydrogen-bond donors (Lipinski definition) is 3. The van der Waals surface area contributed by atoms with Crippen LogP contribution in [-0.2, 0) is 0 Å².